The lowest BCUT2D eigenvalue weighted by Gasteiger charge is -2.25. The van der Waals surface area contributed by atoms with Crippen LogP contribution in [0.25, 0.3) is 0 Å². The van der Waals surface area contributed by atoms with E-state index >= 15 is 0 Å². The van der Waals surface area contributed by atoms with Gasteiger partial charge in [0.1, 0.15) is 29.0 Å². The molecule has 0 atom stereocenters. The fraction of sp³-hybridized carbons (Fsp3) is 0.280. The minimum atomic E-state index is -0.466. The number of thioether (sulfide) groups is 1. The van der Waals surface area contributed by atoms with Crippen molar-refractivity contribution in [3.05, 3.63) is 70.6 Å². The molecular weight excluding hydrogens is 483 g/mol. The molecule has 10 heteroatoms. The van der Waals surface area contributed by atoms with Crippen LogP contribution >= 0.6 is 23.4 Å². The second-order valence-corrected chi connectivity index (χ2v) is 9.46. The first-order chi connectivity index (χ1) is 16.9. The van der Waals surface area contributed by atoms with Crippen LogP contribution in [0.2, 0.25) is 5.02 Å². The maximum atomic E-state index is 13.4. The Hall–Kier alpha value is -2.88. The Kier molecular flexibility index (Phi) is 8.44. The van der Waals surface area contributed by atoms with Crippen molar-refractivity contribution in [3.8, 4) is 5.75 Å². The Labute approximate surface area is 214 Å². The summed E-state index contributed by atoms with van der Waals surface area (Å²) in [6, 6.07) is 12.3. The predicted octanol–water partition coefficient (Wildman–Crippen LogP) is 3.71. The van der Waals surface area contributed by atoms with E-state index in [1.54, 1.807) is 49.0 Å². The number of anilines is 1. The molecule has 1 saturated heterocycles. The molecular formula is C25H25BClN4O3S. The van der Waals surface area contributed by atoms with Crippen LogP contribution in [0.5, 0.6) is 5.75 Å². The highest BCUT2D eigenvalue weighted by Gasteiger charge is 2.23. The molecule has 0 spiro atoms. The van der Waals surface area contributed by atoms with Crippen LogP contribution in [0.15, 0.2) is 53.6 Å². The highest BCUT2D eigenvalue weighted by atomic mass is 35.5. The van der Waals surface area contributed by atoms with Crippen LogP contribution in [0.3, 0.4) is 0 Å². The lowest BCUT2D eigenvalue weighted by Crippen LogP contribution is -2.35. The number of nitrogens with one attached hydrogen (secondary N) is 2. The summed E-state index contributed by atoms with van der Waals surface area (Å²) in [6.07, 6.45) is 5.24. The molecule has 1 amide bonds. The van der Waals surface area contributed by atoms with E-state index in [4.69, 9.17) is 16.3 Å². The van der Waals surface area contributed by atoms with Crippen molar-refractivity contribution >= 4 is 53.5 Å². The first-order valence-corrected chi connectivity index (χ1v) is 12.9. The van der Waals surface area contributed by atoms with Gasteiger partial charge in [0.25, 0.3) is 13.2 Å². The van der Waals surface area contributed by atoms with E-state index in [-0.39, 0.29) is 17.5 Å². The molecule has 0 saturated carbocycles. The molecule has 2 aromatic heterocycles. The molecule has 179 valence electrons. The van der Waals surface area contributed by atoms with Gasteiger partial charge in [-0.25, -0.2) is 9.97 Å². The monoisotopic (exact) mass is 507 g/mol. The molecule has 7 nitrogen and oxygen atoms in total. The molecule has 2 N–H and O–H groups in total. The fourth-order valence-electron chi connectivity index (χ4n) is 3.73. The first kappa shape index (κ1) is 25.2. The Morgan fingerprint density at radius 3 is 2.69 bits per heavy atom. The van der Waals surface area contributed by atoms with Crippen LogP contribution in [0.4, 0.5) is 5.82 Å². The fourth-order valence-corrected chi connectivity index (χ4v) is 4.27. The third-order valence-electron chi connectivity index (χ3n) is 5.57. The maximum absolute atomic E-state index is 13.4. The number of aryl methyl sites for hydroxylation is 1. The van der Waals surface area contributed by atoms with E-state index in [1.807, 2.05) is 18.4 Å². The van der Waals surface area contributed by atoms with E-state index in [0.29, 0.717) is 33.3 Å². The summed E-state index contributed by atoms with van der Waals surface area (Å²) >= 11 is 7.46. The number of piperidine rings is 1. The van der Waals surface area contributed by atoms with Gasteiger partial charge in [0.2, 0.25) is 0 Å². The van der Waals surface area contributed by atoms with Crippen molar-refractivity contribution in [2.24, 2.45) is 0 Å². The SMILES string of the molecule is CSc1ccc(C(=O)[B]c2ccc(C)nc2C(=O)Nc2ccc(Cl)cn2)c(OC2CCNCC2)c1. The largest absolute Gasteiger partial charge is 0.490 e. The number of aromatic nitrogens is 2. The van der Waals surface area contributed by atoms with E-state index < -0.39 is 5.91 Å². The third kappa shape index (κ3) is 6.63. The summed E-state index contributed by atoms with van der Waals surface area (Å²) in [4.78, 5) is 35.9. The van der Waals surface area contributed by atoms with Crippen LogP contribution < -0.4 is 20.8 Å². The van der Waals surface area contributed by atoms with Gasteiger partial charge in [0.15, 0.2) is 0 Å². The minimum absolute atomic E-state index is 0.0502. The van der Waals surface area contributed by atoms with Gasteiger partial charge in [-0.05, 0) is 81.0 Å². The van der Waals surface area contributed by atoms with E-state index in [1.165, 1.54) is 13.5 Å². The van der Waals surface area contributed by atoms with Crippen LogP contribution in [0, 0.1) is 6.92 Å². The van der Waals surface area contributed by atoms with Gasteiger partial charge in [-0.15, -0.1) is 11.8 Å². The van der Waals surface area contributed by atoms with Gasteiger partial charge in [0, 0.05) is 22.3 Å². The lowest BCUT2D eigenvalue weighted by atomic mass is 9.63. The summed E-state index contributed by atoms with van der Waals surface area (Å²) in [6.45, 7) is 3.56. The van der Waals surface area contributed by atoms with Gasteiger partial charge < -0.3 is 20.2 Å². The highest BCUT2D eigenvalue weighted by Crippen LogP contribution is 2.28. The number of hydrogen-bond donors (Lipinski definition) is 2. The number of pyridine rings is 2. The number of benzene rings is 1. The molecule has 1 radical (unpaired) electrons. The average molecular weight is 508 g/mol. The zero-order chi connectivity index (χ0) is 24.8. The summed E-state index contributed by atoms with van der Waals surface area (Å²) in [5, 5.41) is 6.50. The molecule has 3 heterocycles. The van der Waals surface area contributed by atoms with Gasteiger partial charge in [-0.3, -0.25) is 4.79 Å². The van der Waals surface area contributed by atoms with Crippen molar-refractivity contribution in [2.45, 2.75) is 30.8 Å². The van der Waals surface area contributed by atoms with Crippen molar-refractivity contribution in [1.82, 2.24) is 15.3 Å². The first-order valence-electron chi connectivity index (χ1n) is 11.3. The topological polar surface area (TPSA) is 93.2 Å². The van der Waals surface area contributed by atoms with Crippen molar-refractivity contribution in [1.29, 1.82) is 0 Å². The second-order valence-electron chi connectivity index (χ2n) is 8.14. The summed E-state index contributed by atoms with van der Waals surface area (Å²) in [5.74, 6) is 0.429. The molecule has 1 fully saturated rings. The molecule has 1 aliphatic rings. The Morgan fingerprint density at radius 1 is 1.17 bits per heavy atom. The van der Waals surface area contributed by atoms with Crippen LogP contribution in [-0.4, -0.2) is 54.3 Å². The standard InChI is InChI=1S/C25H25BClN4O3S/c1-15-3-7-20(23(30-15)25(33)31-22-8-4-16(27)14-29-22)26-24(32)19-6-5-18(35-2)13-21(19)34-17-9-11-28-12-10-17/h3-8,13-14,17,28H,9-12H2,1-2H3,(H,29,31,33). The third-order valence-corrected chi connectivity index (χ3v) is 6.52. The highest BCUT2D eigenvalue weighted by molar-refractivity contribution is 7.98. The average Bonchev–Trinajstić information content (AvgIpc) is 2.87. The molecule has 0 aliphatic carbocycles. The zero-order valence-corrected chi connectivity index (χ0v) is 21.1. The molecule has 1 aliphatic heterocycles. The number of hydrogen-bond acceptors (Lipinski definition) is 7. The molecule has 1 aromatic carbocycles. The lowest BCUT2D eigenvalue weighted by molar-refractivity contribution is 0.102. The summed E-state index contributed by atoms with van der Waals surface area (Å²) in [5.41, 5.74) is 1.40. The van der Waals surface area contributed by atoms with Gasteiger partial charge in [0.05, 0.1) is 5.02 Å². The van der Waals surface area contributed by atoms with Crippen molar-refractivity contribution in [3.63, 3.8) is 0 Å². The number of ether oxygens (including phenoxy) is 1. The van der Waals surface area contributed by atoms with Crippen molar-refractivity contribution < 1.29 is 14.3 Å². The van der Waals surface area contributed by atoms with E-state index in [0.717, 1.165) is 30.8 Å². The molecule has 3 aromatic rings. The summed E-state index contributed by atoms with van der Waals surface area (Å²) < 4.78 is 6.27. The van der Waals surface area contributed by atoms with Gasteiger partial charge in [-0.1, -0.05) is 17.7 Å². The van der Waals surface area contributed by atoms with Crippen molar-refractivity contribution in [2.75, 3.05) is 24.7 Å². The van der Waals surface area contributed by atoms with Crippen LogP contribution in [-0.2, 0) is 0 Å². The van der Waals surface area contributed by atoms with Gasteiger partial charge >= 0.3 is 0 Å². The Bertz CT molecular complexity index is 1220. The van der Waals surface area contributed by atoms with Crippen LogP contribution in [0.1, 0.15) is 39.4 Å². The maximum Gasteiger partial charge on any atom is 0.274 e. The Morgan fingerprint density at radius 2 is 1.97 bits per heavy atom. The molecule has 0 bridgehead atoms. The second kappa shape index (κ2) is 11.7. The Balaban J connectivity index is 1.58. The summed E-state index contributed by atoms with van der Waals surface area (Å²) in [7, 11) is 1.43. The zero-order valence-electron chi connectivity index (χ0n) is 19.5. The number of halogens is 1. The van der Waals surface area contributed by atoms with E-state index in [2.05, 4.69) is 20.6 Å². The number of carbonyl (C=O) groups is 2. The number of amides is 1. The smallest absolute Gasteiger partial charge is 0.274 e. The normalized spacial score (nSPS) is 13.8. The quantitative estimate of drug-likeness (QED) is 0.355. The molecule has 35 heavy (non-hydrogen) atoms. The number of nitrogens with zero attached hydrogens (tertiary/aromatic N) is 2. The molecule has 0 unspecified atom stereocenters. The number of rotatable bonds is 8. The van der Waals surface area contributed by atoms with Gasteiger partial charge in [-0.2, -0.15) is 0 Å². The number of carbonyl (C=O) groups excluding carboxylic acids is 2. The van der Waals surface area contributed by atoms with E-state index in [9.17, 15) is 9.59 Å². The minimum Gasteiger partial charge on any atom is -0.490 e. The predicted molar refractivity (Wildman–Crippen MR) is 141 cm³/mol. The molecule has 4 rings (SSSR count).